The molecule has 94 valence electrons. The maximum Gasteiger partial charge on any atom is 0.143 e. The highest BCUT2D eigenvalue weighted by atomic mass is 35.5. The summed E-state index contributed by atoms with van der Waals surface area (Å²) in [5, 5.41) is 3.21. The summed E-state index contributed by atoms with van der Waals surface area (Å²) < 4.78 is 13.0. The topological polar surface area (TPSA) is 30.0 Å². The molecule has 5 heteroatoms. The van der Waals surface area contributed by atoms with E-state index in [2.05, 4.69) is 4.98 Å². The number of halogens is 2. The zero-order valence-corrected chi connectivity index (χ0v) is 11.3. The van der Waals surface area contributed by atoms with Crippen molar-refractivity contribution in [1.29, 1.82) is 0 Å². The molecule has 1 heterocycles. The summed E-state index contributed by atoms with van der Waals surface area (Å²) in [5.41, 5.74) is 1.28. The Morgan fingerprint density at radius 3 is 2.89 bits per heavy atom. The molecule has 0 bridgehead atoms. The molecule has 0 saturated heterocycles. The van der Waals surface area contributed by atoms with Crippen LogP contribution in [-0.4, -0.2) is 10.8 Å². The molecular weight excluding hydrogens is 273 g/mol. The van der Waals surface area contributed by atoms with E-state index in [-0.39, 0.29) is 24.4 Å². The molecule has 0 aliphatic rings. The number of benzene rings is 1. The van der Waals surface area contributed by atoms with Gasteiger partial charge in [0.2, 0.25) is 0 Å². The fraction of sp³-hybridized carbons (Fsp3) is 0.231. The maximum absolute atomic E-state index is 13.0. The molecule has 0 radical (unpaired) electrons. The number of hydrogen-bond donors (Lipinski definition) is 0. The second-order valence-corrected chi connectivity index (χ2v) is 5.46. The van der Waals surface area contributed by atoms with E-state index in [1.807, 2.05) is 12.3 Å². The molecule has 1 aromatic heterocycles. The zero-order valence-electron chi connectivity index (χ0n) is 9.74. The largest absolute Gasteiger partial charge is 0.299 e. The van der Waals surface area contributed by atoms with Crippen LogP contribution in [0.4, 0.5) is 4.39 Å². The minimum absolute atomic E-state index is 0.0206. The number of aryl methyl sites for hydroxylation is 1. The lowest BCUT2D eigenvalue weighted by molar-refractivity contribution is -0.117. The summed E-state index contributed by atoms with van der Waals surface area (Å²) in [6, 6.07) is 4.04. The second-order valence-electron chi connectivity index (χ2n) is 3.99. The summed E-state index contributed by atoms with van der Waals surface area (Å²) in [7, 11) is 0. The van der Waals surface area contributed by atoms with Crippen LogP contribution < -0.4 is 0 Å². The number of aromatic nitrogens is 1. The molecule has 0 atom stereocenters. The van der Waals surface area contributed by atoms with Crippen molar-refractivity contribution in [1.82, 2.24) is 4.98 Å². The Balaban J connectivity index is 2.05. The monoisotopic (exact) mass is 283 g/mol. The molecule has 2 rings (SSSR count). The standard InChI is InChI=1S/C13H11ClFNOS/c1-8-16-11(7-18-8)6-12(17)5-9-4-10(15)2-3-13(9)14/h2-4,7H,5-6H2,1H3. The molecule has 2 nitrogen and oxygen atoms in total. The van der Waals surface area contributed by atoms with Crippen molar-refractivity contribution in [2.75, 3.05) is 0 Å². The molecule has 2 aromatic rings. The summed E-state index contributed by atoms with van der Waals surface area (Å²) in [6.07, 6.45) is 0.393. The van der Waals surface area contributed by atoms with Crippen molar-refractivity contribution in [2.24, 2.45) is 0 Å². The van der Waals surface area contributed by atoms with Gasteiger partial charge in [-0.25, -0.2) is 9.37 Å². The maximum atomic E-state index is 13.0. The molecule has 0 aliphatic carbocycles. The lowest BCUT2D eigenvalue weighted by Crippen LogP contribution is -2.07. The van der Waals surface area contributed by atoms with Crippen LogP contribution in [0.25, 0.3) is 0 Å². The van der Waals surface area contributed by atoms with E-state index < -0.39 is 0 Å². The third-order valence-corrected chi connectivity index (χ3v) is 3.63. The van der Waals surface area contributed by atoms with Crippen LogP contribution in [0.3, 0.4) is 0 Å². The lowest BCUT2D eigenvalue weighted by atomic mass is 10.1. The van der Waals surface area contributed by atoms with E-state index in [1.54, 1.807) is 0 Å². The molecule has 18 heavy (non-hydrogen) atoms. The third kappa shape index (κ3) is 3.37. The first-order valence-electron chi connectivity index (χ1n) is 5.41. The Labute approximate surface area is 113 Å². The van der Waals surface area contributed by atoms with Gasteiger partial charge in [0.15, 0.2) is 0 Å². The van der Waals surface area contributed by atoms with Crippen molar-refractivity contribution < 1.29 is 9.18 Å². The van der Waals surface area contributed by atoms with Gasteiger partial charge in [0.1, 0.15) is 11.6 Å². The first-order valence-corrected chi connectivity index (χ1v) is 6.67. The molecule has 0 N–H and O–H groups in total. The molecule has 0 fully saturated rings. The normalized spacial score (nSPS) is 10.6. The van der Waals surface area contributed by atoms with Crippen molar-refractivity contribution in [2.45, 2.75) is 19.8 Å². The van der Waals surface area contributed by atoms with Crippen molar-refractivity contribution in [3.8, 4) is 0 Å². The lowest BCUT2D eigenvalue weighted by Gasteiger charge is -2.03. The van der Waals surface area contributed by atoms with Crippen LogP contribution in [0.15, 0.2) is 23.6 Å². The van der Waals surface area contributed by atoms with E-state index in [9.17, 15) is 9.18 Å². The molecule has 0 aliphatic heterocycles. The number of Topliss-reactive ketones (excluding diaryl/α,β-unsaturated/α-hetero) is 1. The number of carbonyl (C=O) groups is 1. The van der Waals surface area contributed by atoms with Gasteiger partial charge in [-0.15, -0.1) is 11.3 Å². The molecule has 1 aromatic carbocycles. The summed E-state index contributed by atoms with van der Waals surface area (Å²) in [4.78, 5) is 16.1. The van der Waals surface area contributed by atoms with Crippen molar-refractivity contribution >= 4 is 28.7 Å². The highest BCUT2D eigenvalue weighted by Crippen LogP contribution is 2.18. The predicted molar refractivity (Wildman–Crippen MR) is 70.7 cm³/mol. The first kappa shape index (κ1) is 13.2. The minimum atomic E-state index is -0.383. The van der Waals surface area contributed by atoms with E-state index in [0.717, 1.165) is 10.7 Å². The number of carbonyl (C=O) groups excluding carboxylic acids is 1. The SMILES string of the molecule is Cc1nc(CC(=O)Cc2cc(F)ccc2Cl)cs1. The fourth-order valence-electron chi connectivity index (χ4n) is 1.65. The summed E-state index contributed by atoms with van der Waals surface area (Å²) in [5.74, 6) is -0.403. The van der Waals surface area contributed by atoms with E-state index >= 15 is 0 Å². The van der Waals surface area contributed by atoms with Gasteiger partial charge in [0, 0.05) is 23.2 Å². The Morgan fingerprint density at radius 1 is 1.44 bits per heavy atom. The van der Waals surface area contributed by atoms with Crippen LogP contribution in [-0.2, 0) is 17.6 Å². The van der Waals surface area contributed by atoms with Crippen LogP contribution in [0.5, 0.6) is 0 Å². The fourth-order valence-corrected chi connectivity index (χ4v) is 2.44. The van der Waals surface area contributed by atoms with Crippen LogP contribution in [0.2, 0.25) is 5.02 Å². The van der Waals surface area contributed by atoms with Gasteiger partial charge in [-0.3, -0.25) is 4.79 Å². The van der Waals surface area contributed by atoms with Crippen LogP contribution in [0, 0.1) is 12.7 Å². The molecule has 0 spiro atoms. The molecule has 0 amide bonds. The van der Waals surface area contributed by atoms with E-state index in [0.29, 0.717) is 10.6 Å². The van der Waals surface area contributed by atoms with Crippen molar-refractivity contribution in [3.05, 3.63) is 50.7 Å². The van der Waals surface area contributed by atoms with Gasteiger partial charge in [0.05, 0.1) is 10.7 Å². The van der Waals surface area contributed by atoms with Gasteiger partial charge in [-0.05, 0) is 30.7 Å². The minimum Gasteiger partial charge on any atom is -0.299 e. The Kier molecular flexibility index (Phi) is 4.09. The van der Waals surface area contributed by atoms with Crippen LogP contribution in [0.1, 0.15) is 16.3 Å². The summed E-state index contributed by atoms with van der Waals surface area (Å²) in [6.45, 7) is 1.89. The van der Waals surface area contributed by atoms with Gasteiger partial charge in [-0.1, -0.05) is 11.6 Å². The van der Waals surface area contributed by atoms with Gasteiger partial charge in [0.25, 0.3) is 0 Å². The average Bonchev–Trinajstić information content (AvgIpc) is 2.69. The second kappa shape index (κ2) is 5.59. The van der Waals surface area contributed by atoms with Crippen molar-refractivity contribution in [3.63, 3.8) is 0 Å². The highest BCUT2D eigenvalue weighted by Gasteiger charge is 2.10. The smallest absolute Gasteiger partial charge is 0.143 e. The number of nitrogens with zero attached hydrogens (tertiary/aromatic N) is 1. The highest BCUT2D eigenvalue weighted by molar-refractivity contribution is 7.09. The molecule has 0 saturated carbocycles. The Morgan fingerprint density at radius 2 is 2.22 bits per heavy atom. The number of thiazole rings is 1. The van der Waals surface area contributed by atoms with E-state index in [1.165, 1.54) is 29.5 Å². The number of rotatable bonds is 4. The van der Waals surface area contributed by atoms with Gasteiger partial charge < -0.3 is 0 Å². The van der Waals surface area contributed by atoms with Gasteiger partial charge >= 0.3 is 0 Å². The number of ketones is 1. The van der Waals surface area contributed by atoms with Gasteiger partial charge in [-0.2, -0.15) is 0 Å². The van der Waals surface area contributed by atoms with E-state index in [4.69, 9.17) is 11.6 Å². The third-order valence-electron chi connectivity index (χ3n) is 2.44. The molecular formula is C13H11ClFNOS. The predicted octanol–water partition coefficient (Wildman–Crippen LogP) is 3.60. The first-order chi connectivity index (χ1) is 8.54. The molecule has 0 unspecified atom stereocenters. The van der Waals surface area contributed by atoms with Crippen LogP contribution >= 0.6 is 22.9 Å². The number of hydrogen-bond acceptors (Lipinski definition) is 3. The average molecular weight is 284 g/mol. The Hall–Kier alpha value is -1.26. The Bertz CT molecular complexity index is 582. The zero-order chi connectivity index (χ0) is 13.1. The quantitative estimate of drug-likeness (QED) is 0.858. The summed E-state index contributed by atoms with van der Waals surface area (Å²) >= 11 is 7.42.